The van der Waals surface area contributed by atoms with E-state index >= 15 is 0 Å². The highest BCUT2D eigenvalue weighted by molar-refractivity contribution is 9.24. The van der Waals surface area contributed by atoms with Crippen molar-refractivity contribution in [3.8, 4) is 0 Å². The van der Waals surface area contributed by atoms with Crippen LogP contribution in [-0.2, 0) is 0 Å². The van der Waals surface area contributed by atoms with Gasteiger partial charge in [0.2, 0.25) is 0 Å². The second-order valence-corrected chi connectivity index (χ2v) is 8.82. The van der Waals surface area contributed by atoms with E-state index in [9.17, 15) is 0 Å². The van der Waals surface area contributed by atoms with Gasteiger partial charge < -0.3 is 0 Å². The first-order valence-corrected chi connectivity index (χ1v) is 7.12. The molecule has 0 aromatic rings. The molecule has 1 aliphatic rings. The van der Waals surface area contributed by atoms with Gasteiger partial charge in [-0.3, -0.25) is 10.1 Å². The van der Waals surface area contributed by atoms with E-state index < -0.39 is 8.28 Å². The lowest BCUT2D eigenvalue weighted by Crippen LogP contribution is -2.03. The van der Waals surface area contributed by atoms with Crippen molar-refractivity contribution in [2.45, 2.75) is 0 Å². The van der Waals surface area contributed by atoms with Crippen LogP contribution in [0.5, 0.6) is 0 Å². The molecule has 1 heterocycles. The van der Waals surface area contributed by atoms with Gasteiger partial charge >= 0.3 is 0 Å². The Labute approximate surface area is 70.1 Å². The maximum atomic E-state index is 5.60. The normalized spacial score (nSPS) is 21.9. The Morgan fingerprint density at radius 3 is 2.56 bits per heavy atom. The maximum Gasteiger partial charge on any atom is 0.137 e. The number of thiol groups is 2. The Kier molecular flexibility index (Phi) is 2.67. The lowest BCUT2D eigenvalue weighted by Gasteiger charge is -2.20. The fourth-order valence-corrected chi connectivity index (χ4v) is 3.56. The Morgan fingerprint density at radius 2 is 2.33 bits per heavy atom. The van der Waals surface area contributed by atoms with E-state index in [0.717, 1.165) is 16.7 Å². The van der Waals surface area contributed by atoms with E-state index in [0.29, 0.717) is 0 Å². The fraction of sp³-hybridized carbons (Fsp3) is 0.667. The van der Waals surface area contributed by atoms with Crippen LogP contribution in [0.25, 0.3) is 0 Å². The molecule has 0 radical (unpaired) electrons. The summed E-state index contributed by atoms with van der Waals surface area (Å²) in [6, 6.07) is 0. The van der Waals surface area contributed by atoms with Gasteiger partial charge in [-0.2, -0.15) is 0 Å². The number of nitrogens with zero attached hydrogens (tertiary/aromatic N) is 1. The molecule has 0 atom stereocenters. The van der Waals surface area contributed by atoms with E-state index in [1.165, 1.54) is 0 Å². The van der Waals surface area contributed by atoms with E-state index in [-0.39, 0.29) is 0 Å². The second-order valence-electron chi connectivity index (χ2n) is 1.59. The zero-order valence-corrected chi connectivity index (χ0v) is 8.07. The third-order valence-electron chi connectivity index (χ3n) is 0.815. The summed E-state index contributed by atoms with van der Waals surface area (Å²) in [6.45, 7) is 0.868. The summed E-state index contributed by atoms with van der Waals surface area (Å²) in [5.74, 6) is 1.03. The minimum Gasteiger partial charge on any atom is -0.273 e. The summed E-state index contributed by atoms with van der Waals surface area (Å²) in [7, 11) is -1.60. The SMILES string of the molecule is NS(S)(S)C1=NCCS1. The number of thioether (sulfide) groups is 1. The molecule has 0 saturated carbocycles. The van der Waals surface area contributed by atoms with E-state index in [1.807, 2.05) is 0 Å². The molecule has 0 amide bonds. The zero-order chi connectivity index (χ0) is 6.91. The van der Waals surface area contributed by atoms with Crippen LogP contribution in [0, 0.1) is 0 Å². The predicted molar refractivity (Wildman–Crippen MR) is 54.5 cm³/mol. The smallest absolute Gasteiger partial charge is 0.137 e. The summed E-state index contributed by atoms with van der Waals surface area (Å²) >= 11 is 9.91. The molecule has 0 fully saturated rings. The van der Waals surface area contributed by atoms with Crippen LogP contribution in [-0.4, -0.2) is 16.7 Å². The van der Waals surface area contributed by atoms with E-state index in [2.05, 4.69) is 28.3 Å². The molecule has 0 unspecified atom stereocenters. The Bertz CT molecular complexity index is 137. The fourth-order valence-electron chi connectivity index (χ4n) is 0.497. The number of rotatable bonds is 0. The monoisotopic (exact) mass is 200 g/mol. The first kappa shape index (κ1) is 8.13. The van der Waals surface area contributed by atoms with Gasteiger partial charge in [-0.25, -0.2) is 0 Å². The average Bonchev–Trinajstić information content (AvgIpc) is 2.08. The van der Waals surface area contributed by atoms with Gasteiger partial charge in [0.15, 0.2) is 0 Å². The lowest BCUT2D eigenvalue weighted by atomic mass is 10.8. The van der Waals surface area contributed by atoms with Gasteiger partial charge in [-0.1, -0.05) is 11.8 Å². The molecule has 0 aliphatic carbocycles. The maximum absolute atomic E-state index is 5.60. The van der Waals surface area contributed by atoms with Crippen LogP contribution in [0.15, 0.2) is 4.99 Å². The summed E-state index contributed by atoms with van der Waals surface area (Å²) in [5, 5.41) is 5.60. The molecule has 0 bridgehead atoms. The standard InChI is InChI=1S/C3H8N2S4/c4-9(6,7)3-5-1-2-8-3/h6-7H,1-2,4H2. The van der Waals surface area contributed by atoms with Gasteiger partial charge in [0.25, 0.3) is 0 Å². The topological polar surface area (TPSA) is 38.4 Å². The highest BCUT2D eigenvalue weighted by atomic mass is 33.5. The highest BCUT2D eigenvalue weighted by Crippen LogP contribution is 2.55. The lowest BCUT2D eigenvalue weighted by molar-refractivity contribution is 1.18. The first-order chi connectivity index (χ1) is 4.11. The average molecular weight is 200 g/mol. The molecule has 0 spiro atoms. The van der Waals surface area contributed by atoms with Crippen LogP contribution >= 0.6 is 43.4 Å². The molecule has 54 valence electrons. The molecule has 0 saturated heterocycles. The third kappa shape index (κ3) is 2.27. The van der Waals surface area contributed by atoms with Crippen LogP contribution < -0.4 is 5.14 Å². The van der Waals surface area contributed by atoms with Crippen molar-refractivity contribution in [1.29, 1.82) is 0 Å². The van der Waals surface area contributed by atoms with Gasteiger partial charge in [-0.05, 0) is 8.28 Å². The largest absolute Gasteiger partial charge is 0.273 e. The van der Waals surface area contributed by atoms with Crippen LogP contribution in [0.2, 0.25) is 0 Å². The molecule has 0 aromatic carbocycles. The number of hydrogen-bond acceptors (Lipinski definition) is 5. The summed E-state index contributed by atoms with van der Waals surface area (Å²) < 4.78 is 0.911. The number of nitrogens with two attached hydrogens (primary N) is 1. The Hall–Kier alpha value is 1.03. The summed E-state index contributed by atoms with van der Waals surface area (Å²) in [4.78, 5) is 4.15. The van der Waals surface area contributed by atoms with Crippen molar-refractivity contribution in [2.75, 3.05) is 12.3 Å². The highest BCUT2D eigenvalue weighted by Gasteiger charge is 2.19. The molecule has 0 aromatic heterocycles. The summed E-state index contributed by atoms with van der Waals surface area (Å²) in [5.41, 5.74) is 0. The second kappa shape index (κ2) is 2.96. The minimum atomic E-state index is -1.60. The van der Waals surface area contributed by atoms with Gasteiger partial charge in [-0.15, -0.1) is 23.3 Å². The van der Waals surface area contributed by atoms with Crippen molar-refractivity contribution >= 4 is 47.7 Å². The quantitative estimate of drug-likeness (QED) is 0.409. The van der Waals surface area contributed by atoms with Gasteiger partial charge in [0.1, 0.15) is 4.38 Å². The van der Waals surface area contributed by atoms with Crippen molar-refractivity contribution in [3.05, 3.63) is 0 Å². The van der Waals surface area contributed by atoms with Crippen molar-refractivity contribution in [1.82, 2.24) is 0 Å². The Balaban J connectivity index is 2.61. The predicted octanol–water partition coefficient (Wildman–Crippen LogP) is 1.46. The molecular weight excluding hydrogens is 192 g/mol. The molecular formula is C3H8N2S4. The van der Waals surface area contributed by atoms with Crippen molar-refractivity contribution < 1.29 is 0 Å². The Morgan fingerprint density at radius 1 is 1.67 bits per heavy atom. The number of aliphatic imine (C=N–C) groups is 1. The molecule has 1 aliphatic heterocycles. The zero-order valence-electron chi connectivity index (χ0n) is 4.65. The van der Waals surface area contributed by atoms with Crippen LogP contribution in [0.1, 0.15) is 0 Å². The van der Waals surface area contributed by atoms with Gasteiger partial charge in [0.05, 0.1) is 6.54 Å². The molecule has 2 nitrogen and oxygen atoms in total. The van der Waals surface area contributed by atoms with E-state index in [4.69, 9.17) is 5.14 Å². The van der Waals surface area contributed by atoms with Crippen molar-refractivity contribution in [3.63, 3.8) is 0 Å². The van der Waals surface area contributed by atoms with Gasteiger partial charge in [0, 0.05) is 5.75 Å². The van der Waals surface area contributed by atoms with Crippen LogP contribution in [0.3, 0.4) is 0 Å². The molecule has 9 heavy (non-hydrogen) atoms. The van der Waals surface area contributed by atoms with Crippen molar-refractivity contribution in [2.24, 2.45) is 10.1 Å². The number of hydrogen-bond donors (Lipinski definition) is 3. The van der Waals surface area contributed by atoms with E-state index in [1.54, 1.807) is 11.8 Å². The molecule has 1 rings (SSSR count). The first-order valence-electron chi connectivity index (χ1n) is 2.34. The summed E-state index contributed by atoms with van der Waals surface area (Å²) in [6.07, 6.45) is 0. The van der Waals surface area contributed by atoms with Crippen LogP contribution in [0.4, 0.5) is 0 Å². The third-order valence-corrected chi connectivity index (χ3v) is 5.14. The minimum absolute atomic E-state index is 0.868. The molecule has 6 heteroatoms. The molecule has 2 N–H and O–H groups in total.